The molecule has 0 aromatic heterocycles. The summed E-state index contributed by atoms with van der Waals surface area (Å²) in [6, 6.07) is 20.1. The second kappa shape index (κ2) is 19.6. The molecule has 4 N–H and O–H groups in total. The number of carbonyl (C=O) groups is 3. The lowest BCUT2D eigenvalue weighted by atomic mass is 9.84. The number of amides is 2. The van der Waals surface area contributed by atoms with Gasteiger partial charge in [-0.25, -0.2) is 4.79 Å². The molecule has 1 fully saturated rings. The second-order valence-electron chi connectivity index (χ2n) is 18.6. The SMILES string of the molecule is CC(C)c1cc(C(=O)N2Cc3ccc(CN4CCN(CCCCCNC(=O)c5c(N(C)C)ccc6c5OC5=CC(N(C)C)C=CC5=C6c5ccccc5C(=O)O)CC4)cc3C2)c(O)cc1O. The van der Waals surface area contributed by atoms with Crippen LogP contribution in [0.3, 0.4) is 0 Å². The van der Waals surface area contributed by atoms with Crippen molar-refractivity contribution in [1.82, 2.24) is 24.9 Å². The fourth-order valence-corrected chi connectivity index (χ4v) is 9.54. The summed E-state index contributed by atoms with van der Waals surface area (Å²) in [6.07, 6.45) is 8.89. The molecule has 0 bridgehead atoms. The fraction of sp³-hybridized carbons (Fsp3) is 0.377. The van der Waals surface area contributed by atoms with Gasteiger partial charge < -0.3 is 40.1 Å². The average Bonchev–Trinajstić information content (AvgIpc) is 3.72. The molecule has 4 aliphatic rings. The Hall–Kier alpha value is -6.41. The van der Waals surface area contributed by atoms with Crippen molar-refractivity contribution in [1.29, 1.82) is 0 Å². The number of likely N-dealkylation sites (N-methyl/N-ethyl adjacent to an activating group) is 1. The minimum absolute atomic E-state index is 0.00256. The first kappa shape index (κ1) is 46.1. The van der Waals surface area contributed by atoms with E-state index < -0.39 is 5.97 Å². The fourth-order valence-electron chi connectivity index (χ4n) is 9.54. The van der Waals surface area contributed by atoms with E-state index in [0.29, 0.717) is 59.1 Å². The number of phenols is 2. The molecular weight excluding hydrogens is 833 g/mol. The van der Waals surface area contributed by atoms with Crippen LogP contribution in [0.25, 0.3) is 5.57 Å². The van der Waals surface area contributed by atoms with E-state index in [2.05, 4.69) is 44.3 Å². The van der Waals surface area contributed by atoms with Gasteiger partial charge in [0.15, 0.2) is 0 Å². The third kappa shape index (κ3) is 9.60. The molecule has 2 amide bonds. The smallest absolute Gasteiger partial charge is 0.336 e. The number of carboxylic acid groups (broad SMARTS) is 1. The summed E-state index contributed by atoms with van der Waals surface area (Å²) in [7, 11) is 7.77. The number of piperazine rings is 1. The molecular formula is C53H62N6O7. The number of nitrogens with zero attached hydrogens (tertiary/aromatic N) is 5. The topological polar surface area (TPSA) is 149 Å². The van der Waals surface area contributed by atoms with Crippen LogP contribution in [0, 0.1) is 0 Å². The van der Waals surface area contributed by atoms with Crippen LogP contribution in [0.15, 0.2) is 96.3 Å². The van der Waals surface area contributed by atoms with Crippen LogP contribution in [-0.4, -0.2) is 126 Å². The van der Waals surface area contributed by atoms with Gasteiger partial charge in [-0.05, 0) is 97.6 Å². The van der Waals surface area contributed by atoms with Gasteiger partial charge in [-0.1, -0.05) is 68.8 Å². The number of aromatic hydroxyl groups is 2. The van der Waals surface area contributed by atoms with Crippen LogP contribution in [0.1, 0.15) is 103 Å². The standard InChI is InChI=1S/C53H62N6O7/c1-33(2)42-28-43(46(61)29-45(42)60)52(63)59-31-35-15-14-34(26-36(35)32-59)30-58-24-22-57(23-25-58)21-11-7-10-20-54-51(62)49-44(56(5)6)19-18-41-48(38-12-8-9-13-39(38)53(64)65)40-17-16-37(55(3)4)27-47(40)66-50(41)49/h8-9,12-19,26-29,33,37,60-61H,7,10-11,20-25,30-32H2,1-6H3,(H,54,62)(H,64,65). The van der Waals surface area contributed by atoms with Crippen LogP contribution >= 0.6 is 0 Å². The van der Waals surface area contributed by atoms with Gasteiger partial charge in [-0.15, -0.1) is 0 Å². The summed E-state index contributed by atoms with van der Waals surface area (Å²) < 4.78 is 6.68. The predicted molar refractivity (Wildman–Crippen MR) is 257 cm³/mol. The van der Waals surface area contributed by atoms with E-state index in [9.17, 15) is 29.7 Å². The van der Waals surface area contributed by atoms with Gasteiger partial charge in [0, 0.05) is 95.3 Å². The number of hydrogen-bond acceptors (Lipinski definition) is 10. The molecule has 1 aliphatic carbocycles. The molecule has 0 radical (unpaired) electrons. The number of benzene rings is 4. The molecule has 346 valence electrons. The highest BCUT2D eigenvalue weighted by molar-refractivity contribution is 6.07. The number of allylic oxidation sites excluding steroid dienone is 1. The number of hydrogen-bond donors (Lipinski definition) is 4. The Morgan fingerprint density at radius 3 is 2.29 bits per heavy atom. The third-order valence-electron chi connectivity index (χ3n) is 13.3. The summed E-state index contributed by atoms with van der Waals surface area (Å²) in [5.74, 6) is -0.692. The number of carbonyl (C=O) groups excluding carboxylic acids is 2. The summed E-state index contributed by atoms with van der Waals surface area (Å²) in [5.41, 5.74) is 8.35. The van der Waals surface area contributed by atoms with Gasteiger partial charge in [-0.3, -0.25) is 19.4 Å². The van der Waals surface area contributed by atoms with Gasteiger partial charge in [-0.2, -0.15) is 0 Å². The second-order valence-corrected chi connectivity index (χ2v) is 18.6. The highest BCUT2D eigenvalue weighted by atomic mass is 16.5. The molecule has 66 heavy (non-hydrogen) atoms. The molecule has 13 heteroatoms. The highest BCUT2D eigenvalue weighted by Gasteiger charge is 2.34. The summed E-state index contributed by atoms with van der Waals surface area (Å²) >= 11 is 0. The van der Waals surface area contributed by atoms with Crippen LogP contribution in [0.2, 0.25) is 0 Å². The van der Waals surface area contributed by atoms with E-state index >= 15 is 0 Å². The number of fused-ring (bicyclic) bond motifs is 3. The van der Waals surface area contributed by atoms with Crippen molar-refractivity contribution in [3.8, 4) is 17.2 Å². The van der Waals surface area contributed by atoms with E-state index in [1.807, 2.05) is 83.4 Å². The van der Waals surface area contributed by atoms with Crippen LogP contribution in [0.4, 0.5) is 5.69 Å². The molecule has 3 aliphatic heterocycles. The quantitative estimate of drug-likeness (QED) is 0.0883. The first-order valence-corrected chi connectivity index (χ1v) is 23.0. The van der Waals surface area contributed by atoms with Crippen LogP contribution in [-0.2, 0) is 19.6 Å². The molecule has 1 unspecified atom stereocenters. The molecule has 4 aromatic rings. The molecule has 3 heterocycles. The lowest BCUT2D eigenvalue weighted by Crippen LogP contribution is -2.46. The first-order valence-electron chi connectivity index (χ1n) is 23.0. The van der Waals surface area contributed by atoms with E-state index in [0.717, 1.165) is 80.8 Å². The Kier molecular flexibility index (Phi) is 13.7. The molecule has 13 nitrogen and oxygen atoms in total. The summed E-state index contributed by atoms with van der Waals surface area (Å²) in [5, 5.41) is 34.2. The highest BCUT2D eigenvalue weighted by Crippen LogP contribution is 2.48. The number of phenolic OH excluding ortho intramolecular Hbond substituents is 2. The van der Waals surface area contributed by atoms with E-state index in [-0.39, 0.29) is 46.4 Å². The number of aromatic carboxylic acids is 1. The monoisotopic (exact) mass is 894 g/mol. The zero-order valence-electron chi connectivity index (χ0n) is 38.9. The lowest BCUT2D eigenvalue weighted by molar-refractivity contribution is 0.0694. The van der Waals surface area contributed by atoms with Gasteiger partial charge in [0.1, 0.15) is 28.6 Å². The minimum Gasteiger partial charge on any atom is -0.508 e. The third-order valence-corrected chi connectivity index (χ3v) is 13.3. The molecule has 1 saturated heterocycles. The van der Waals surface area contributed by atoms with E-state index in [4.69, 9.17) is 4.74 Å². The van der Waals surface area contributed by atoms with Crippen molar-refractivity contribution in [3.63, 3.8) is 0 Å². The van der Waals surface area contributed by atoms with Gasteiger partial charge in [0.25, 0.3) is 11.8 Å². The summed E-state index contributed by atoms with van der Waals surface area (Å²) in [4.78, 5) is 50.9. The van der Waals surface area contributed by atoms with Crippen molar-refractivity contribution in [2.45, 2.75) is 64.7 Å². The van der Waals surface area contributed by atoms with Crippen LogP contribution < -0.4 is 15.0 Å². The van der Waals surface area contributed by atoms with Gasteiger partial charge in [0.05, 0.1) is 16.8 Å². The van der Waals surface area contributed by atoms with Crippen molar-refractivity contribution in [3.05, 3.63) is 146 Å². The maximum Gasteiger partial charge on any atom is 0.336 e. The Balaban J connectivity index is 0.836. The van der Waals surface area contributed by atoms with Crippen molar-refractivity contribution >= 4 is 29.0 Å². The number of unbranched alkanes of at least 4 members (excludes halogenated alkanes) is 2. The van der Waals surface area contributed by atoms with Crippen molar-refractivity contribution in [2.24, 2.45) is 0 Å². The first-order chi connectivity index (χ1) is 31.7. The van der Waals surface area contributed by atoms with Crippen molar-refractivity contribution in [2.75, 3.05) is 72.4 Å². The Morgan fingerprint density at radius 1 is 0.818 bits per heavy atom. The lowest BCUT2D eigenvalue weighted by Gasteiger charge is -2.34. The van der Waals surface area contributed by atoms with E-state index in [1.165, 1.54) is 11.6 Å². The number of carboxylic acids is 1. The van der Waals surface area contributed by atoms with Gasteiger partial charge >= 0.3 is 5.97 Å². The van der Waals surface area contributed by atoms with Gasteiger partial charge in [0.2, 0.25) is 0 Å². The molecule has 0 spiro atoms. The Morgan fingerprint density at radius 2 is 1.56 bits per heavy atom. The number of nitrogens with one attached hydrogen (secondary N) is 1. The average molecular weight is 895 g/mol. The Bertz CT molecular complexity index is 2620. The molecule has 4 aromatic carbocycles. The molecule has 0 saturated carbocycles. The maximum atomic E-state index is 14.2. The molecule has 8 rings (SSSR count). The normalized spacial score (nSPS) is 17.1. The van der Waals surface area contributed by atoms with Crippen molar-refractivity contribution < 1.29 is 34.4 Å². The largest absolute Gasteiger partial charge is 0.508 e. The number of anilines is 1. The molecule has 1 atom stereocenters. The predicted octanol–water partition coefficient (Wildman–Crippen LogP) is 7.44. The zero-order chi connectivity index (χ0) is 46.8. The number of rotatable bonds is 15. The van der Waals surface area contributed by atoms with Crippen LogP contribution in [0.5, 0.6) is 17.2 Å². The maximum absolute atomic E-state index is 14.2. The summed E-state index contributed by atoms with van der Waals surface area (Å²) in [6.45, 7) is 11.1. The number of ether oxygens (including phenoxy) is 1. The Labute approximate surface area is 387 Å². The van der Waals surface area contributed by atoms with E-state index in [1.54, 1.807) is 23.1 Å². The zero-order valence-corrected chi connectivity index (χ0v) is 38.9. The minimum atomic E-state index is -1.03.